The fourth-order valence-electron chi connectivity index (χ4n) is 2.15. The van der Waals surface area contributed by atoms with Crippen molar-refractivity contribution in [1.82, 2.24) is 0 Å². The van der Waals surface area contributed by atoms with Crippen molar-refractivity contribution in [1.29, 1.82) is 0 Å². The average Bonchev–Trinajstić information content (AvgIpc) is 2.47. The topological polar surface area (TPSA) is 49.4 Å². The van der Waals surface area contributed by atoms with Crippen molar-refractivity contribution in [2.75, 3.05) is 7.11 Å². The van der Waals surface area contributed by atoms with Gasteiger partial charge in [0.05, 0.1) is 13.1 Å². The van der Waals surface area contributed by atoms with Crippen molar-refractivity contribution in [2.45, 2.75) is 6.42 Å². The Hall–Kier alpha value is -2.55. The van der Waals surface area contributed by atoms with E-state index >= 15 is 0 Å². The molecule has 0 spiro atoms. The summed E-state index contributed by atoms with van der Waals surface area (Å²) in [6, 6.07) is 12.4. The monoisotopic (exact) mass is 267 g/mol. The van der Waals surface area contributed by atoms with E-state index in [1.807, 2.05) is 24.3 Å². The van der Waals surface area contributed by atoms with Crippen molar-refractivity contribution >= 4 is 5.97 Å². The highest BCUT2D eigenvalue weighted by Gasteiger charge is 2.11. The van der Waals surface area contributed by atoms with Gasteiger partial charge in [-0.15, -0.1) is 6.58 Å². The highest BCUT2D eigenvalue weighted by Crippen LogP contribution is 2.33. The lowest BCUT2D eigenvalue weighted by Gasteiger charge is -2.14. The number of hydrogen-bond donors (Lipinski definition) is 0. The second-order valence-electron chi connectivity index (χ2n) is 4.36. The zero-order chi connectivity index (χ0) is 14.5. The molecule has 0 aliphatic carbocycles. The maximum atomic E-state index is 11.2. The average molecular weight is 267 g/mol. The van der Waals surface area contributed by atoms with Gasteiger partial charge < -0.3 is 14.6 Å². The standard InChI is InChI=1S/C17H16O3/c1-3-6-12-9-10-14(16(11-12)20-2)13-7-4-5-8-15(13)17(18)19/h3-5,7-11H,1,6H2,2H3,(H,18,19)/p-1. The van der Waals surface area contributed by atoms with Crippen LogP contribution < -0.4 is 9.84 Å². The number of aromatic carboxylic acids is 1. The van der Waals surface area contributed by atoms with Crippen molar-refractivity contribution in [3.05, 3.63) is 66.2 Å². The molecule has 0 saturated carbocycles. The van der Waals surface area contributed by atoms with Gasteiger partial charge >= 0.3 is 0 Å². The van der Waals surface area contributed by atoms with Crippen LogP contribution in [0.2, 0.25) is 0 Å². The van der Waals surface area contributed by atoms with Crippen molar-refractivity contribution < 1.29 is 14.6 Å². The lowest BCUT2D eigenvalue weighted by Crippen LogP contribution is -2.23. The predicted octanol–water partition coefficient (Wildman–Crippen LogP) is 2.45. The third-order valence-corrected chi connectivity index (χ3v) is 3.08. The molecular weight excluding hydrogens is 252 g/mol. The number of methoxy groups -OCH3 is 1. The van der Waals surface area contributed by atoms with Crippen molar-refractivity contribution in [2.24, 2.45) is 0 Å². The van der Waals surface area contributed by atoms with Crippen LogP contribution in [0, 0.1) is 0 Å². The number of rotatable bonds is 5. The minimum atomic E-state index is -1.20. The maximum Gasteiger partial charge on any atom is 0.126 e. The van der Waals surface area contributed by atoms with Crippen LogP contribution in [0.4, 0.5) is 0 Å². The molecule has 0 amide bonds. The molecule has 0 saturated heterocycles. The molecule has 0 fully saturated rings. The van der Waals surface area contributed by atoms with Crippen LogP contribution in [-0.2, 0) is 6.42 Å². The number of ether oxygens (including phenoxy) is 1. The summed E-state index contributed by atoms with van der Waals surface area (Å²) in [4.78, 5) is 11.2. The van der Waals surface area contributed by atoms with Gasteiger partial charge in [-0.05, 0) is 23.6 Å². The van der Waals surface area contributed by atoms with Gasteiger partial charge in [0.25, 0.3) is 0 Å². The molecule has 0 N–H and O–H groups in total. The minimum absolute atomic E-state index is 0.155. The molecule has 0 aliphatic heterocycles. The number of carbonyl (C=O) groups excluding carboxylic acids is 1. The highest BCUT2D eigenvalue weighted by molar-refractivity contribution is 5.95. The molecule has 20 heavy (non-hydrogen) atoms. The van der Waals surface area contributed by atoms with E-state index in [4.69, 9.17) is 4.74 Å². The first-order chi connectivity index (χ1) is 9.67. The Bertz CT molecular complexity index is 644. The molecule has 0 aromatic heterocycles. The van der Waals surface area contributed by atoms with Crippen LogP contribution in [0.1, 0.15) is 15.9 Å². The molecule has 3 heteroatoms. The SMILES string of the molecule is C=CCc1ccc(-c2ccccc2C(=O)[O-])c(OC)c1. The zero-order valence-electron chi connectivity index (χ0n) is 11.3. The van der Waals surface area contributed by atoms with Gasteiger partial charge in [-0.25, -0.2) is 0 Å². The summed E-state index contributed by atoms with van der Waals surface area (Å²) in [6.07, 6.45) is 2.54. The normalized spacial score (nSPS) is 10.1. The molecule has 102 valence electrons. The van der Waals surface area contributed by atoms with E-state index < -0.39 is 5.97 Å². The van der Waals surface area contributed by atoms with E-state index in [2.05, 4.69) is 6.58 Å². The molecule has 0 atom stereocenters. The molecule has 3 nitrogen and oxygen atoms in total. The molecule has 0 heterocycles. The molecule has 0 aliphatic rings. The van der Waals surface area contributed by atoms with E-state index in [0.29, 0.717) is 11.3 Å². The van der Waals surface area contributed by atoms with Gasteiger partial charge in [0.1, 0.15) is 5.75 Å². The Morgan fingerprint density at radius 1 is 1.25 bits per heavy atom. The third-order valence-electron chi connectivity index (χ3n) is 3.08. The molecule has 2 aromatic rings. The molecule has 2 aromatic carbocycles. The first-order valence-corrected chi connectivity index (χ1v) is 6.26. The van der Waals surface area contributed by atoms with Crippen LogP contribution in [0.3, 0.4) is 0 Å². The van der Waals surface area contributed by atoms with E-state index in [-0.39, 0.29) is 5.56 Å². The van der Waals surface area contributed by atoms with Crippen molar-refractivity contribution in [3.8, 4) is 16.9 Å². The Morgan fingerprint density at radius 2 is 2.00 bits per heavy atom. The molecular formula is C17H15O3-. The van der Waals surface area contributed by atoms with E-state index in [1.165, 1.54) is 6.07 Å². The first kappa shape index (κ1) is 13.9. The van der Waals surface area contributed by atoms with Crippen LogP contribution in [-0.4, -0.2) is 13.1 Å². The number of carboxylic acid groups (broad SMARTS) is 1. The van der Waals surface area contributed by atoms with Gasteiger partial charge in [0.2, 0.25) is 0 Å². The number of carbonyl (C=O) groups is 1. The summed E-state index contributed by atoms with van der Waals surface area (Å²) in [6.45, 7) is 3.70. The molecule has 0 radical (unpaired) electrons. The molecule has 0 bridgehead atoms. The van der Waals surface area contributed by atoms with Crippen molar-refractivity contribution in [3.63, 3.8) is 0 Å². The predicted molar refractivity (Wildman–Crippen MR) is 76.7 cm³/mol. The second-order valence-corrected chi connectivity index (χ2v) is 4.36. The van der Waals surface area contributed by atoms with Crippen LogP contribution >= 0.6 is 0 Å². The van der Waals surface area contributed by atoms with Gasteiger partial charge in [-0.2, -0.15) is 0 Å². The van der Waals surface area contributed by atoms with Gasteiger partial charge in [0, 0.05) is 11.1 Å². The third kappa shape index (κ3) is 2.72. The van der Waals surface area contributed by atoms with Gasteiger partial charge in [-0.1, -0.05) is 42.5 Å². The van der Waals surface area contributed by atoms with Crippen LogP contribution in [0.15, 0.2) is 55.1 Å². The Kier molecular flexibility index (Phi) is 4.20. The summed E-state index contributed by atoms with van der Waals surface area (Å²) < 4.78 is 5.37. The molecule has 2 rings (SSSR count). The largest absolute Gasteiger partial charge is 0.545 e. The minimum Gasteiger partial charge on any atom is -0.545 e. The second kappa shape index (κ2) is 6.06. The first-order valence-electron chi connectivity index (χ1n) is 6.26. The molecule has 0 unspecified atom stereocenters. The van der Waals surface area contributed by atoms with E-state index in [1.54, 1.807) is 25.3 Å². The smallest absolute Gasteiger partial charge is 0.126 e. The highest BCUT2D eigenvalue weighted by atomic mass is 16.5. The van der Waals surface area contributed by atoms with Crippen LogP contribution in [0.25, 0.3) is 11.1 Å². The van der Waals surface area contributed by atoms with Gasteiger partial charge in [-0.3, -0.25) is 0 Å². The summed E-state index contributed by atoms with van der Waals surface area (Å²) in [5.74, 6) is -0.559. The number of allylic oxidation sites excluding steroid dienone is 1. The number of benzene rings is 2. The fourth-order valence-corrected chi connectivity index (χ4v) is 2.15. The maximum absolute atomic E-state index is 11.2. The quantitative estimate of drug-likeness (QED) is 0.782. The summed E-state index contributed by atoms with van der Waals surface area (Å²) in [5, 5.41) is 11.2. The summed E-state index contributed by atoms with van der Waals surface area (Å²) in [5.41, 5.74) is 2.54. The Morgan fingerprint density at radius 3 is 2.65 bits per heavy atom. The Balaban J connectivity index is 2.58. The fraction of sp³-hybridized carbons (Fsp3) is 0.118. The summed E-state index contributed by atoms with van der Waals surface area (Å²) in [7, 11) is 1.57. The van der Waals surface area contributed by atoms with E-state index in [9.17, 15) is 9.90 Å². The zero-order valence-corrected chi connectivity index (χ0v) is 11.3. The number of hydrogen-bond acceptors (Lipinski definition) is 3. The lowest BCUT2D eigenvalue weighted by atomic mass is 9.97. The Labute approximate surface area is 118 Å². The number of carboxylic acids is 1. The van der Waals surface area contributed by atoms with E-state index in [0.717, 1.165) is 17.5 Å². The lowest BCUT2D eigenvalue weighted by molar-refractivity contribution is -0.254. The van der Waals surface area contributed by atoms with Crippen LogP contribution in [0.5, 0.6) is 5.75 Å². The summed E-state index contributed by atoms with van der Waals surface area (Å²) >= 11 is 0. The van der Waals surface area contributed by atoms with Gasteiger partial charge in [0.15, 0.2) is 0 Å².